The Kier molecular flexibility index (Phi) is 8.54. The van der Waals surface area contributed by atoms with Gasteiger partial charge >= 0.3 is 0 Å². The standard InChI is InChI=1S/C28H38N2O3/c1-21(27(32)29-24-12-8-9-13-24)30(19-18-22-10-6-5-7-11-22)26(31)20-33-25-16-14-23(15-17-25)28(2,3)4/h5-7,10-11,14-17,21,24H,8-9,12-13,18-20H2,1-4H3,(H,29,32)/t21-/m0/s1. The lowest BCUT2D eigenvalue weighted by Crippen LogP contribution is -2.51. The van der Waals surface area contributed by atoms with Crippen molar-refractivity contribution in [1.82, 2.24) is 10.2 Å². The molecule has 1 aliphatic rings. The van der Waals surface area contributed by atoms with Gasteiger partial charge in [-0.15, -0.1) is 0 Å². The fourth-order valence-corrected chi connectivity index (χ4v) is 4.24. The van der Waals surface area contributed by atoms with Gasteiger partial charge in [-0.3, -0.25) is 9.59 Å². The van der Waals surface area contributed by atoms with Gasteiger partial charge in [0.05, 0.1) is 0 Å². The number of carbonyl (C=O) groups is 2. The van der Waals surface area contributed by atoms with E-state index in [4.69, 9.17) is 4.74 Å². The van der Waals surface area contributed by atoms with Gasteiger partial charge in [-0.1, -0.05) is 76.1 Å². The minimum absolute atomic E-state index is 0.0602. The van der Waals surface area contributed by atoms with Gasteiger partial charge in [-0.05, 0) is 54.9 Å². The Labute approximate surface area is 198 Å². The van der Waals surface area contributed by atoms with E-state index in [1.54, 1.807) is 4.90 Å². The zero-order valence-corrected chi connectivity index (χ0v) is 20.5. The van der Waals surface area contributed by atoms with Gasteiger partial charge in [0.1, 0.15) is 11.8 Å². The molecule has 5 heteroatoms. The van der Waals surface area contributed by atoms with Crippen LogP contribution >= 0.6 is 0 Å². The number of carbonyl (C=O) groups excluding carboxylic acids is 2. The van der Waals surface area contributed by atoms with E-state index >= 15 is 0 Å². The first kappa shape index (κ1) is 24.8. The molecule has 0 unspecified atom stereocenters. The first-order valence-electron chi connectivity index (χ1n) is 12.1. The Morgan fingerprint density at radius 1 is 1.03 bits per heavy atom. The van der Waals surface area contributed by atoms with Crippen molar-refractivity contribution in [3.63, 3.8) is 0 Å². The summed E-state index contributed by atoms with van der Waals surface area (Å²) < 4.78 is 5.81. The van der Waals surface area contributed by atoms with E-state index in [-0.39, 0.29) is 29.9 Å². The second kappa shape index (κ2) is 11.4. The zero-order valence-electron chi connectivity index (χ0n) is 20.5. The Bertz CT molecular complexity index is 897. The SMILES string of the molecule is C[C@@H](C(=O)NC1CCCC1)N(CCc1ccccc1)C(=O)COc1ccc(C(C)(C)C)cc1. The molecular formula is C28H38N2O3. The predicted octanol–water partition coefficient (Wildman–Crippen LogP) is 4.88. The van der Waals surface area contributed by atoms with E-state index in [0.29, 0.717) is 18.7 Å². The number of rotatable bonds is 9. The zero-order chi connectivity index (χ0) is 23.8. The summed E-state index contributed by atoms with van der Waals surface area (Å²) in [4.78, 5) is 27.7. The Balaban J connectivity index is 1.64. The first-order chi connectivity index (χ1) is 15.7. The van der Waals surface area contributed by atoms with Crippen LogP contribution in [0.1, 0.15) is 64.5 Å². The van der Waals surface area contributed by atoms with Crippen LogP contribution in [-0.4, -0.2) is 41.9 Å². The summed E-state index contributed by atoms with van der Waals surface area (Å²) in [5.41, 5.74) is 2.41. The molecule has 0 spiro atoms. The van der Waals surface area contributed by atoms with E-state index in [0.717, 1.165) is 31.2 Å². The molecule has 2 aromatic carbocycles. The van der Waals surface area contributed by atoms with Gasteiger partial charge in [-0.2, -0.15) is 0 Å². The van der Waals surface area contributed by atoms with Crippen molar-refractivity contribution in [2.45, 2.75) is 77.3 Å². The van der Waals surface area contributed by atoms with Crippen LogP contribution in [0.25, 0.3) is 0 Å². The Morgan fingerprint density at radius 3 is 2.27 bits per heavy atom. The van der Waals surface area contributed by atoms with Crippen LogP contribution in [0.4, 0.5) is 0 Å². The largest absolute Gasteiger partial charge is 0.484 e. The van der Waals surface area contributed by atoms with E-state index in [1.807, 2.05) is 61.5 Å². The maximum Gasteiger partial charge on any atom is 0.261 e. The van der Waals surface area contributed by atoms with Crippen LogP contribution in [-0.2, 0) is 21.4 Å². The number of amides is 2. The second-order valence-corrected chi connectivity index (χ2v) is 10.1. The van der Waals surface area contributed by atoms with Gasteiger partial charge in [0.2, 0.25) is 5.91 Å². The molecule has 2 amide bonds. The van der Waals surface area contributed by atoms with Crippen LogP contribution in [0.2, 0.25) is 0 Å². The minimum Gasteiger partial charge on any atom is -0.484 e. The fraction of sp³-hybridized carbons (Fsp3) is 0.500. The molecule has 0 bridgehead atoms. The van der Waals surface area contributed by atoms with Crippen molar-refractivity contribution in [3.8, 4) is 5.75 Å². The third kappa shape index (κ3) is 7.34. The summed E-state index contributed by atoms with van der Waals surface area (Å²) >= 11 is 0. The molecular weight excluding hydrogens is 412 g/mol. The monoisotopic (exact) mass is 450 g/mol. The van der Waals surface area contributed by atoms with Crippen LogP contribution in [0.15, 0.2) is 54.6 Å². The molecule has 33 heavy (non-hydrogen) atoms. The normalized spacial score (nSPS) is 15.2. The van der Waals surface area contributed by atoms with E-state index in [9.17, 15) is 9.59 Å². The number of hydrogen-bond acceptors (Lipinski definition) is 3. The molecule has 5 nitrogen and oxygen atoms in total. The molecule has 3 rings (SSSR count). The van der Waals surface area contributed by atoms with E-state index < -0.39 is 6.04 Å². The van der Waals surface area contributed by atoms with Crippen LogP contribution in [0.3, 0.4) is 0 Å². The van der Waals surface area contributed by atoms with Crippen molar-refractivity contribution < 1.29 is 14.3 Å². The highest BCUT2D eigenvalue weighted by Gasteiger charge is 2.28. The maximum absolute atomic E-state index is 13.2. The summed E-state index contributed by atoms with van der Waals surface area (Å²) in [5.74, 6) is 0.389. The highest BCUT2D eigenvalue weighted by Crippen LogP contribution is 2.24. The summed E-state index contributed by atoms with van der Waals surface area (Å²) in [5, 5.41) is 3.13. The van der Waals surface area contributed by atoms with Gasteiger partial charge in [0.25, 0.3) is 5.91 Å². The number of hydrogen-bond donors (Lipinski definition) is 1. The smallest absolute Gasteiger partial charge is 0.261 e. The van der Waals surface area contributed by atoms with Crippen molar-refractivity contribution in [1.29, 1.82) is 0 Å². The first-order valence-corrected chi connectivity index (χ1v) is 12.1. The highest BCUT2D eigenvalue weighted by molar-refractivity contribution is 5.88. The summed E-state index contributed by atoms with van der Waals surface area (Å²) in [7, 11) is 0. The molecule has 1 atom stereocenters. The van der Waals surface area contributed by atoms with Crippen molar-refractivity contribution in [3.05, 3.63) is 65.7 Å². The predicted molar refractivity (Wildman–Crippen MR) is 132 cm³/mol. The number of benzene rings is 2. The number of nitrogens with zero attached hydrogens (tertiary/aromatic N) is 1. The van der Waals surface area contributed by atoms with E-state index in [1.165, 1.54) is 5.56 Å². The van der Waals surface area contributed by atoms with Crippen molar-refractivity contribution >= 4 is 11.8 Å². The molecule has 1 fully saturated rings. The van der Waals surface area contributed by atoms with Crippen LogP contribution in [0.5, 0.6) is 5.75 Å². The topological polar surface area (TPSA) is 58.6 Å². The van der Waals surface area contributed by atoms with Crippen LogP contribution in [0, 0.1) is 0 Å². The Hall–Kier alpha value is -2.82. The minimum atomic E-state index is -0.548. The third-order valence-corrected chi connectivity index (χ3v) is 6.44. The summed E-state index contributed by atoms with van der Waals surface area (Å²) in [6, 6.07) is 17.6. The van der Waals surface area contributed by atoms with Crippen molar-refractivity contribution in [2.24, 2.45) is 0 Å². The lowest BCUT2D eigenvalue weighted by atomic mass is 9.87. The maximum atomic E-state index is 13.2. The Morgan fingerprint density at radius 2 is 1.67 bits per heavy atom. The van der Waals surface area contributed by atoms with Gasteiger partial charge in [0.15, 0.2) is 6.61 Å². The van der Waals surface area contributed by atoms with Gasteiger partial charge in [-0.25, -0.2) is 0 Å². The quantitative estimate of drug-likeness (QED) is 0.592. The molecule has 1 saturated carbocycles. The molecule has 1 aliphatic carbocycles. The molecule has 0 aromatic heterocycles. The fourth-order valence-electron chi connectivity index (χ4n) is 4.24. The summed E-state index contributed by atoms with van der Waals surface area (Å²) in [6.07, 6.45) is 5.03. The molecule has 0 saturated heterocycles. The summed E-state index contributed by atoms with van der Waals surface area (Å²) in [6.45, 7) is 8.67. The van der Waals surface area contributed by atoms with Gasteiger partial charge in [0, 0.05) is 12.6 Å². The number of nitrogens with one attached hydrogen (secondary N) is 1. The average Bonchev–Trinajstić information content (AvgIpc) is 3.31. The molecule has 0 radical (unpaired) electrons. The molecule has 0 aliphatic heterocycles. The molecule has 1 N–H and O–H groups in total. The molecule has 0 heterocycles. The molecule has 2 aromatic rings. The highest BCUT2D eigenvalue weighted by atomic mass is 16.5. The lowest BCUT2D eigenvalue weighted by Gasteiger charge is -2.29. The van der Waals surface area contributed by atoms with E-state index in [2.05, 4.69) is 26.1 Å². The molecule has 178 valence electrons. The van der Waals surface area contributed by atoms with Crippen LogP contribution < -0.4 is 10.1 Å². The number of ether oxygens (including phenoxy) is 1. The van der Waals surface area contributed by atoms with Gasteiger partial charge < -0.3 is 15.0 Å². The lowest BCUT2D eigenvalue weighted by molar-refractivity contribution is -0.141. The third-order valence-electron chi connectivity index (χ3n) is 6.44. The second-order valence-electron chi connectivity index (χ2n) is 10.1. The van der Waals surface area contributed by atoms with Crippen molar-refractivity contribution in [2.75, 3.05) is 13.2 Å². The average molecular weight is 451 g/mol.